The van der Waals surface area contributed by atoms with E-state index < -0.39 is 83.3 Å². The highest BCUT2D eigenvalue weighted by molar-refractivity contribution is 5.88. The Morgan fingerprint density at radius 3 is 1.34 bits per heavy atom. The Kier molecular flexibility index (Phi) is 15.3. The van der Waals surface area contributed by atoms with Crippen LogP contribution in [0.2, 0.25) is 0 Å². The number of H-pyrrole nitrogens is 2. The number of hydrogen-bond acceptors (Lipinski definition) is 11. The van der Waals surface area contributed by atoms with Gasteiger partial charge in [-0.05, 0) is 86.8 Å². The van der Waals surface area contributed by atoms with Crippen LogP contribution in [0.5, 0.6) is 0 Å². The average Bonchev–Trinajstić information content (AvgIpc) is 4.46. The first-order valence-corrected chi connectivity index (χ1v) is 26.7. The third kappa shape index (κ3) is 10.4. The molecule has 4 N–H and O–H groups in total. The van der Waals surface area contributed by atoms with Crippen LogP contribution < -0.4 is 25.3 Å². The normalized spacial score (nSPS) is 20.5. The second-order valence-electron chi connectivity index (χ2n) is 21.4. The van der Waals surface area contributed by atoms with Gasteiger partial charge in [0.1, 0.15) is 58.4 Å². The van der Waals surface area contributed by atoms with Crippen molar-refractivity contribution in [3.8, 4) is 0 Å². The smallest absolute Gasteiger partial charge is 0.407 e. The molecule has 79 heavy (non-hydrogen) atoms. The minimum absolute atomic E-state index is 0.00586. The fourth-order valence-corrected chi connectivity index (χ4v) is 12.1. The summed E-state index contributed by atoms with van der Waals surface area (Å²) < 4.78 is 107. The van der Waals surface area contributed by atoms with Crippen LogP contribution in [0.3, 0.4) is 0 Å². The first kappa shape index (κ1) is 54.6. The van der Waals surface area contributed by atoms with Gasteiger partial charge in [-0.15, -0.1) is 0 Å². The molecular weight excluding hydrogens is 1040 g/mol. The number of nitrogens with one attached hydrogen (secondary N) is 4. The molecule has 4 aliphatic rings. The maximum absolute atomic E-state index is 17.0. The van der Waals surface area contributed by atoms with E-state index in [1.807, 2.05) is 0 Å². The highest BCUT2D eigenvalue weighted by atomic mass is 19.2. The Morgan fingerprint density at radius 2 is 0.949 bits per heavy atom. The van der Waals surface area contributed by atoms with Crippen LogP contribution >= 0.6 is 0 Å². The number of carbonyl (C=O) groups is 4. The summed E-state index contributed by atoms with van der Waals surface area (Å²) in [5.74, 6) is -5.20. The topological polar surface area (TPSA) is 184 Å². The predicted octanol–water partition coefficient (Wildman–Crippen LogP) is 9.77. The summed E-state index contributed by atoms with van der Waals surface area (Å²) in [6.07, 6.45) is 1.25. The van der Waals surface area contributed by atoms with Crippen molar-refractivity contribution in [2.75, 3.05) is 68.2 Å². The number of imidazole rings is 2. The number of aromatic amines is 2. The Hall–Kier alpha value is -7.72. The number of aromatic nitrogens is 4. The number of piperazine rings is 1. The Morgan fingerprint density at radius 1 is 0.544 bits per heavy atom. The highest BCUT2D eigenvalue weighted by Crippen LogP contribution is 2.50. The number of amides is 4. The number of halogens is 6. The summed E-state index contributed by atoms with van der Waals surface area (Å²) in [4.78, 5) is 76.3. The van der Waals surface area contributed by atoms with Crippen molar-refractivity contribution in [3.63, 3.8) is 0 Å². The van der Waals surface area contributed by atoms with E-state index in [4.69, 9.17) is 19.4 Å². The number of anilines is 3. The number of rotatable bonds is 13. The number of likely N-dealkylation sites (tertiary alicyclic amines) is 2. The number of alkyl carbamates (subject to hydrolysis) is 2. The molecule has 4 aliphatic heterocycles. The molecule has 420 valence electrons. The number of ether oxygens (including phenoxy) is 2. The largest absolute Gasteiger partial charge is 0.453 e. The van der Waals surface area contributed by atoms with Crippen molar-refractivity contribution in [1.82, 2.24) is 40.4 Å². The Labute approximate surface area is 452 Å². The molecule has 6 aromatic rings. The zero-order valence-electron chi connectivity index (χ0n) is 44.6. The molecule has 2 aromatic heterocycles. The minimum Gasteiger partial charge on any atom is -0.453 e. The van der Waals surface area contributed by atoms with Crippen LogP contribution in [0.1, 0.15) is 113 Å². The SMILES string of the molecule is COC(=O)N[C@H](C(=O)N1CCCC1c1nc2cc(F)c([C@@H]3CC[C@@H](c4cc5[nH]c([C@@H]6CCCN6C(=O)[C@@H](NC(=O)OC)C(C)C)nc5cc4F)N3c3cc(F)c(N4CCN(c5c(F)cccc5F)CC4)c(F)c3)cc2[nH]1)C(C)C. The van der Waals surface area contributed by atoms with Gasteiger partial charge in [-0.25, -0.2) is 45.9 Å². The molecule has 0 spiro atoms. The van der Waals surface area contributed by atoms with Crippen molar-refractivity contribution in [2.24, 2.45) is 11.8 Å². The number of para-hydroxylation sites is 1. The molecule has 6 atom stereocenters. The monoisotopic (exact) mass is 1100 g/mol. The number of benzene rings is 4. The lowest BCUT2D eigenvalue weighted by atomic mass is 10.0. The zero-order chi connectivity index (χ0) is 56.1. The van der Waals surface area contributed by atoms with Gasteiger partial charge in [-0.1, -0.05) is 33.8 Å². The van der Waals surface area contributed by atoms with Crippen LogP contribution in [0, 0.1) is 46.7 Å². The summed E-state index contributed by atoms with van der Waals surface area (Å²) in [7, 11) is 2.43. The van der Waals surface area contributed by atoms with Crippen molar-refractivity contribution in [2.45, 2.75) is 102 Å². The van der Waals surface area contributed by atoms with Gasteiger partial charge in [0.05, 0.1) is 60.5 Å². The molecule has 23 heteroatoms. The van der Waals surface area contributed by atoms with Crippen molar-refractivity contribution in [3.05, 3.63) is 112 Å². The predicted molar refractivity (Wildman–Crippen MR) is 282 cm³/mol. The highest BCUT2D eigenvalue weighted by Gasteiger charge is 2.43. The third-order valence-electron chi connectivity index (χ3n) is 16.0. The number of methoxy groups -OCH3 is 2. The lowest BCUT2D eigenvalue weighted by Gasteiger charge is -2.38. The minimum atomic E-state index is -0.956. The first-order chi connectivity index (χ1) is 37.8. The summed E-state index contributed by atoms with van der Waals surface area (Å²) in [6.45, 7) is 8.15. The molecule has 0 radical (unpaired) electrons. The molecule has 0 bridgehead atoms. The standard InChI is InChI=1S/C56H63F6N11O6/c1-28(2)47(67-55(76)78-5)53(74)71-16-8-12-45(71)51-63-39-24-31(35(59)26-41(39)65-51)43-14-15-44(73(43)30-22-37(61)50(38(62)23-30)70-20-18-69(19-21-70)49-33(57)10-7-11-34(49)58)32-25-40-42(27-36(32)60)66-52(64-40)46-13-9-17-72(46)54(75)48(29(3)4)68-56(77)79-6/h7,10-11,22-29,43-48H,8-9,12-21H2,1-6H3,(H,63,65)(H,64,66)(H,67,76)(H,68,77)/t43-,44-,45-,46?,47-,48-/m0/s1. The van der Waals surface area contributed by atoms with E-state index in [2.05, 4.69) is 20.6 Å². The third-order valence-corrected chi connectivity index (χ3v) is 16.0. The second-order valence-corrected chi connectivity index (χ2v) is 21.4. The van der Waals surface area contributed by atoms with Crippen LogP contribution in [-0.4, -0.2) is 119 Å². The lowest BCUT2D eigenvalue weighted by molar-refractivity contribution is -0.136. The molecule has 0 aliphatic carbocycles. The van der Waals surface area contributed by atoms with Gasteiger partial charge >= 0.3 is 12.2 Å². The quantitative estimate of drug-likeness (QED) is 0.0808. The molecule has 17 nitrogen and oxygen atoms in total. The molecule has 0 saturated carbocycles. The van der Waals surface area contributed by atoms with Crippen LogP contribution in [0.25, 0.3) is 22.1 Å². The molecule has 6 heterocycles. The van der Waals surface area contributed by atoms with Gasteiger partial charge < -0.3 is 54.6 Å². The maximum Gasteiger partial charge on any atom is 0.407 e. The van der Waals surface area contributed by atoms with Crippen LogP contribution in [-0.2, 0) is 19.1 Å². The summed E-state index contributed by atoms with van der Waals surface area (Å²) >= 11 is 0. The average molecular weight is 1100 g/mol. The van der Waals surface area contributed by atoms with Gasteiger partial charge in [-0.2, -0.15) is 0 Å². The van der Waals surface area contributed by atoms with Gasteiger partial charge in [0.25, 0.3) is 0 Å². The fraction of sp³-hybridized carbons (Fsp3) is 0.464. The number of fused-ring (bicyclic) bond motifs is 2. The van der Waals surface area contributed by atoms with Gasteiger partial charge in [0, 0.05) is 68.2 Å². The van der Waals surface area contributed by atoms with Crippen LogP contribution in [0.15, 0.2) is 54.6 Å². The lowest BCUT2D eigenvalue weighted by Crippen LogP contribution is -2.51. The van der Waals surface area contributed by atoms with E-state index in [0.29, 0.717) is 61.5 Å². The molecule has 4 amide bonds. The van der Waals surface area contributed by atoms with E-state index in [9.17, 15) is 28.0 Å². The number of hydrogen-bond donors (Lipinski definition) is 4. The number of nitrogens with zero attached hydrogens (tertiary/aromatic N) is 7. The number of carbonyl (C=O) groups excluding carboxylic acids is 4. The fourth-order valence-electron chi connectivity index (χ4n) is 12.1. The first-order valence-electron chi connectivity index (χ1n) is 26.7. The van der Waals surface area contributed by atoms with Crippen molar-refractivity contribution >= 4 is 63.1 Å². The Balaban J connectivity index is 0.997. The molecule has 10 rings (SSSR count). The van der Waals surface area contributed by atoms with Gasteiger partial charge in [0.15, 0.2) is 11.6 Å². The van der Waals surface area contributed by atoms with Gasteiger partial charge in [0.2, 0.25) is 11.8 Å². The van der Waals surface area contributed by atoms with E-state index in [1.54, 1.807) is 54.5 Å². The maximum atomic E-state index is 17.0. The van der Waals surface area contributed by atoms with E-state index in [1.165, 1.54) is 42.2 Å². The summed E-state index contributed by atoms with van der Waals surface area (Å²) in [6, 6.07) is 6.80. The second kappa shape index (κ2) is 22.2. The Bertz CT molecular complexity index is 3120. The van der Waals surface area contributed by atoms with E-state index >= 15 is 17.6 Å². The zero-order valence-corrected chi connectivity index (χ0v) is 44.6. The van der Waals surface area contributed by atoms with Gasteiger partial charge in [-0.3, -0.25) is 9.59 Å². The van der Waals surface area contributed by atoms with E-state index in [-0.39, 0.29) is 102 Å². The summed E-state index contributed by atoms with van der Waals surface area (Å²) in [5, 5.41) is 5.27. The molecular formula is C56H63F6N11O6. The summed E-state index contributed by atoms with van der Waals surface area (Å²) in [5.41, 5.74) is 1.03. The van der Waals surface area contributed by atoms with Crippen molar-refractivity contribution in [1.29, 1.82) is 0 Å². The molecule has 4 saturated heterocycles. The molecule has 4 aromatic carbocycles. The molecule has 4 fully saturated rings. The van der Waals surface area contributed by atoms with Crippen LogP contribution in [0.4, 0.5) is 53.0 Å². The van der Waals surface area contributed by atoms with Crippen molar-refractivity contribution < 1.29 is 55.0 Å². The molecule has 1 unspecified atom stereocenters. The van der Waals surface area contributed by atoms with E-state index in [0.717, 1.165) is 24.3 Å².